The Balaban J connectivity index is 1.52. The standard InChI is InChI=1S/C23H33N3O4S3/c1-4-14(2)11-18-15(3)32-22-20(18)21(28)24-23(25-22)31-12-19(27)26(16-7-5-6-8-16)17-9-10-33(29,30)13-17/h14,16-17H,4-13H2,1-3H3,(H,24,25,28)/t14-,17+/m0/s1. The van der Waals surface area contributed by atoms with Gasteiger partial charge in [0.2, 0.25) is 5.91 Å². The number of rotatable bonds is 8. The topological polar surface area (TPSA) is 100 Å². The van der Waals surface area contributed by atoms with Gasteiger partial charge in [-0.15, -0.1) is 11.3 Å². The molecule has 0 aromatic carbocycles. The van der Waals surface area contributed by atoms with Gasteiger partial charge in [-0.05, 0) is 44.1 Å². The summed E-state index contributed by atoms with van der Waals surface area (Å²) in [4.78, 5) is 37.4. The monoisotopic (exact) mass is 511 g/mol. The van der Waals surface area contributed by atoms with Gasteiger partial charge in [-0.25, -0.2) is 13.4 Å². The number of sulfone groups is 1. The third kappa shape index (κ3) is 5.48. The Hall–Kier alpha value is -1.39. The molecule has 33 heavy (non-hydrogen) atoms. The molecule has 2 aliphatic rings. The zero-order chi connectivity index (χ0) is 23.8. The SMILES string of the molecule is CC[C@H](C)Cc1c(C)sc2nc(SCC(=O)N(C3CCCC3)[C@@H]3CCS(=O)(=O)C3)[nH]c(=O)c12. The number of hydrogen-bond donors (Lipinski definition) is 1. The van der Waals surface area contributed by atoms with Gasteiger partial charge in [0.25, 0.3) is 5.56 Å². The Morgan fingerprint density at radius 2 is 2.00 bits per heavy atom. The van der Waals surface area contributed by atoms with Gasteiger partial charge in [-0.3, -0.25) is 9.59 Å². The molecule has 0 radical (unpaired) electrons. The normalized spacial score (nSPS) is 21.6. The van der Waals surface area contributed by atoms with Gasteiger partial charge in [0.05, 0.1) is 22.6 Å². The third-order valence-corrected chi connectivity index (χ3v) is 10.7. The molecule has 4 rings (SSSR count). The van der Waals surface area contributed by atoms with Crippen LogP contribution in [0.25, 0.3) is 10.2 Å². The van der Waals surface area contributed by atoms with Crippen LogP contribution in [0.2, 0.25) is 0 Å². The smallest absolute Gasteiger partial charge is 0.260 e. The fraction of sp³-hybridized carbons (Fsp3) is 0.696. The quantitative estimate of drug-likeness (QED) is 0.426. The zero-order valence-corrected chi connectivity index (χ0v) is 22.0. The molecular weight excluding hydrogens is 478 g/mol. The second kappa shape index (κ2) is 10.1. The van der Waals surface area contributed by atoms with Crippen LogP contribution in [0.1, 0.15) is 62.8 Å². The van der Waals surface area contributed by atoms with E-state index in [1.165, 1.54) is 23.1 Å². The van der Waals surface area contributed by atoms with Gasteiger partial charge in [0.15, 0.2) is 15.0 Å². The molecule has 0 bridgehead atoms. The molecule has 182 valence electrons. The summed E-state index contributed by atoms with van der Waals surface area (Å²) in [5.41, 5.74) is 0.938. The Bertz CT molecular complexity index is 1180. The number of aromatic nitrogens is 2. The van der Waals surface area contributed by atoms with E-state index in [1.54, 1.807) is 0 Å². The first-order chi connectivity index (χ1) is 15.7. The van der Waals surface area contributed by atoms with Crippen molar-refractivity contribution < 1.29 is 13.2 Å². The molecule has 2 aromatic heterocycles. The van der Waals surface area contributed by atoms with E-state index in [-0.39, 0.29) is 40.8 Å². The van der Waals surface area contributed by atoms with Crippen LogP contribution in [0.4, 0.5) is 0 Å². The molecule has 1 saturated heterocycles. The molecule has 1 aliphatic heterocycles. The minimum absolute atomic E-state index is 0.0587. The van der Waals surface area contributed by atoms with Gasteiger partial charge in [-0.2, -0.15) is 0 Å². The van der Waals surface area contributed by atoms with E-state index in [4.69, 9.17) is 0 Å². The maximum Gasteiger partial charge on any atom is 0.260 e. The van der Waals surface area contributed by atoms with Crippen LogP contribution in [-0.4, -0.2) is 58.5 Å². The van der Waals surface area contributed by atoms with Crippen LogP contribution in [0, 0.1) is 12.8 Å². The molecule has 7 nitrogen and oxygen atoms in total. The number of hydrogen-bond acceptors (Lipinski definition) is 7. The molecule has 2 atom stereocenters. The van der Waals surface area contributed by atoms with Gasteiger partial charge in [0, 0.05) is 17.0 Å². The van der Waals surface area contributed by atoms with Crippen molar-refractivity contribution in [1.82, 2.24) is 14.9 Å². The molecule has 1 N–H and O–H groups in total. The number of thioether (sulfide) groups is 1. The molecule has 1 amide bonds. The Morgan fingerprint density at radius 3 is 2.64 bits per heavy atom. The van der Waals surface area contributed by atoms with Crippen molar-refractivity contribution in [3.8, 4) is 0 Å². The summed E-state index contributed by atoms with van der Waals surface area (Å²) >= 11 is 2.77. The van der Waals surface area contributed by atoms with E-state index in [2.05, 4.69) is 23.8 Å². The summed E-state index contributed by atoms with van der Waals surface area (Å²) < 4.78 is 24.1. The second-order valence-electron chi connectivity index (χ2n) is 9.49. The van der Waals surface area contributed by atoms with Crippen LogP contribution >= 0.6 is 23.1 Å². The number of thiophene rings is 1. The molecule has 0 spiro atoms. The van der Waals surface area contributed by atoms with Crippen LogP contribution in [0.3, 0.4) is 0 Å². The highest BCUT2D eigenvalue weighted by Gasteiger charge is 2.38. The highest BCUT2D eigenvalue weighted by molar-refractivity contribution is 7.99. The van der Waals surface area contributed by atoms with Crippen LogP contribution in [0.15, 0.2) is 9.95 Å². The summed E-state index contributed by atoms with van der Waals surface area (Å²) in [6.45, 7) is 6.37. The first-order valence-electron chi connectivity index (χ1n) is 11.8. The van der Waals surface area contributed by atoms with Gasteiger partial charge in [-0.1, -0.05) is 44.9 Å². The first-order valence-corrected chi connectivity index (χ1v) is 15.5. The van der Waals surface area contributed by atoms with E-state index in [9.17, 15) is 18.0 Å². The van der Waals surface area contributed by atoms with E-state index >= 15 is 0 Å². The minimum atomic E-state index is -3.07. The lowest BCUT2D eigenvalue weighted by molar-refractivity contribution is -0.132. The maximum absolute atomic E-state index is 13.3. The Kier molecular flexibility index (Phi) is 7.55. The van der Waals surface area contributed by atoms with Crippen LogP contribution in [0.5, 0.6) is 0 Å². The van der Waals surface area contributed by atoms with E-state index < -0.39 is 9.84 Å². The van der Waals surface area contributed by atoms with Crippen molar-refractivity contribution in [1.29, 1.82) is 0 Å². The molecule has 3 heterocycles. The maximum atomic E-state index is 13.3. The van der Waals surface area contributed by atoms with E-state index in [0.29, 0.717) is 22.9 Å². The largest absolute Gasteiger partial charge is 0.335 e. The Morgan fingerprint density at radius 1 is 1.27 bits per heavy atom. The number of aromatic amines is 1. The molecule has 1 saturated carbocycles. The summed E-state index contributed by atoms with van der Waals surface area (Å²) in [6.07, 6.45) is 6.44. The van der Waals surface area contributed by atoms with Crippen molar-refractivity contribution in [2.24, 2.45) is 5.92 Å². The molecule has 2 fully saturated rings. The lowest BCUT2D eigenvalue weighted by Gasteiger charge is -2.34. The van der Waals surface area contributed by atoms with Gasteiger partial charge < -0.3 is 9.88 Å². The number of amides is 1. The number of aryl methyl sites for hydroxylation is 1. The summed E-state index contributed by atoms with van der Waals surface area (Å²) in [7, 11) is -3.07. The number of carbonyl (C=O) groups is 1. The van der Waals surface area contributed by atoms with Crippen LogP contribution in [-0.2, 0) is 21.1 Å². The summed E-state index contributed by atoms with van der Waals surface area (Å²) in [5.74, 6) is 0.800. The molecule has 10 heteroatoms. The second-order valence-corrected chi connectivity index (χ2v) is 13.9. The average Bonchev–Trinajstić information content (AvgIpc) is 3.47. The molecular formula is C23H33N3O4S3. The highest BCUT2D eigenvalue weighted by Crippen LogP contribution is 2.32. The van der Waals surface area contributed by atoms with Crippen LogP contribution < -0.4 is 5.56 Å². The van der Waals surface area contributed by atoms with E-state index in [1.807, 2.05) is 11.8 Å². The van der Waals surface area contributed by atoms with Crippen molar-refractivity contribution in [3.05, 3.63) is 20.8 Å². The van der Waals surface area contributed by atoms with Crippen molar-refractivity contribution in [2.45, 2.75) is 83.0 Å². The zero-order valence-electron chi connectivity index (χ0n) is 19.6. The van der Waals surface area contributed by atoms with E-state index in [0.717, 1.165) is 53.8 Å². The number of carbonyl (C=O) groups excluding carboxylic acids is 1. The predicted molar refractivity (Wildman–Crippen MR) is 135 cm³/mol. The summed E-state index contributed by atoms with van der Waals surface area (Å²) in [5, 5.41) is 1.12. The number of H-pyrrole nitrogens is 1. The number of fused-ring (bicyclic) bond motifs is 1. The van der Waals surface area contributed by atoms with Gasteiger partial charge >= 0.3 is 0 Å². The average molecular weight is 512 g/mol. The minimum Gasteiger partial charge on any atom is -0.335 e. The molecule has 0 unspecified atom stereocenters. The van der Waals surface area contributed by atoms with Crippen molar-refractivity contribution >= 4 is 49.1 Å². The first kappa shape index (κ1) is 24.7. The lowest BCUT2D eigenvalue weighted by Crippen LogP contribution is -2.47. The fourth-order valence-corrected chi connectivity index (χ4v) is 8.60. The molecule has 1 aliphatic carbocycles. The fourth-order valence-electron chi connectivity index (χ4n) is 5.05. The number of nitrogens with one attached hydrogen (secondary N) is 1. The predicted octanol–water partition coefficient (Wildman–Crippen LogP) is 3.93. The third-order valence-electron chi connectivity index (χ3n) is 7.03. The number of nitrogens with zero attached hydrogens (tertiary/aromatic N) is 2. The van der Waals surface area contributed by atoms with Crippen molar-refractivity contribution in [3.63, 3.8) is 0 Å². The lowest BCUT2D eigenvalue weighted by atomic mass is 9.98. The molecule has 2 aromatic rings. The highest BCUT2D eigenvalue weighted by atomic mass is 32.2. The summed E-state index contributed by atoms with van der Waals surface area (Å²) in [6, 6.07) is -0.113. The van der Waals surface area contributed by atoms with Crippen molar-refractivity contribution in [2.75, 3.05) is 17.3 Å². The Labute approximate surface area is 203 Å². The van der Waals surface area contributed by atoms with Gasteiger partial charge in [0.1, 0.15) is 4.83 Å².